The fourth-order valence-corrected chi connectivity index (χ4v) is 4.64. The predicted octanol–water partition coefficient (Wildman–Crippen LogP) is 3.44. The lowest BCUT2D eigenvalue weighted by atomic mass is 9.85. The first-order chi connectivity index (χ1) is 10.2. The molecule has 4 heteroatoms. The average Bonchev–Trinajstić information content (AvgIpc) is 2.55. The van der Waals surface area contributed by atoms with E-state index in [0.29, 0.717) is 6.04 Å². The van der Waals surface area contributed by atoms with Crippen molar-refractivity contribution >= 4 is 17.4 Å². The fourth-order valence-electron chi connectivity index (χ4n) is 3.41. The number of nitrogens with zero attached hydrogens (tertiary/aromatic N) is 2. The molecular weight excluding hydrogens is 280 g/mol. The Hall–Kier alpha value is -1.18. The van der Waals surface area contributed by atoms with Crippen LogP contribution < -0.4 is 4.90 Å². The van der Waals surface area contributed by atoms with Crippen LogP contribution in [0.2, 0.25) is 0 Å². The molecule has 0 amide bonds. The summed E-state index contributed by atoms with van der Waals surface area (Å²) < 4.78 is 6.18. The summed E-state index contributed by atoms with van der Waals surface area (Å²) in [5.41, 5.74) is 2.04. The van der Waals surface area contributed by atoms with Gasteiger partial charge in [0.25, 0.3) is 0 Å². The minimum Gasteiger partial charge on any atom is -0.375 e. The Balaban J connectivity index is 1.71. The first kappa shape index (κ1) is 14.7. The summed E-state index contributed by atoms with van der Waals surface area (Å²) in [6.07, 6.45) is 4.60. The summed E-state index contributed by atoms with van der Waals surface area (Å²) in [7, 11) is 2.17. The quantitative estimate of drug-likeness (QED) is 0.838. The van der Waals surface area contributed by atoms with E-state index in [0.717, 1.165) is 25.0 Å². The summed E-state index contributed by atoms with van der Waals surface area (Å²) >= 11 is 2.05. The Kier molecular flexibility index (Phi) is 4.42. The third kappa shape index (κ3) is 3.20. The highest BCUT2D eigenvalue weighted by atomic mass is 32.2. The molecule has 1 aromatic carbocycles. The van der Waals surface area contributed by atoms with Crippen LogP contribution >= 0.6 is 11.8 Å². The molecule has 21 heavy (non-hydrogen) atoms. The molecule has 0 N–H and O–H groups in total. The molecule has 3 rings (SSSR count). The Morgan fingerprint density at radius 2 is 2.00 bits per heavy atom. The maximum absolute atomic E-state index is 8.90. The van der Waals surface area contributed by atoms with Crippen LogP contribution in [0.4, 0.5) is 5.69 Å². The molecule has 0 aliphatic carbocycles. The molecule has 0 aromatic heterocycles. The highest BCUT2D eigenvalue weighted by Crippen LogP contribution is 2.39. The summed E-state index contributed by atoms with van der Waals surface area (Å²) in [5, 5.41) is 8.90. The van der Waals surface area contributed by atoms with Crippen molar-refractivity contribution in [3.63, 3.8) is 0 Å². The van der Waals surface area contributed by atoms with E-state index in [2.05, 4.69) is 30.1 Å². The molecule has 1 unspecified atom stereocenters. The molecule has 2 aliphatic rings. The van der Waals surface area contributed by atoms with Gasteiger partial charge in [-0.1, -0.05) is 0 Å². The predicted molar refractivity (Wildman–Crippen MR) is 87.8 cm³/mol. The van der Waals surface area contributed by atoms with Gasteiger partial charge in [-0.15, -0.1) is 0 Å². The Labute approximate surface area is 131 Å². The monoisotopic (exact) mass is 302 g/mol. The van der Waals surface area contributed by atoms with Crippen molar-refractivity contribution in [3.8, 4) is 6.07 Å². The van der Waals surface area contributed by atoms with Crippen LogP contribution in [0.5, 0.6) is 0 Å². The molecule has 112 valence electrons. The molecule has 0 saturated carbocycles. The highest BCUT2D eigenvalue weighted by molar-refractivity contribution is 7.99. The van der Waals surface area contributed by atoms with Crippen molar-refractivity contribution < 1.29 is 4.74 Å². The smallest absolute Gasteiger partial charge is 0.0991 e. The summed E-state index contributed by atoms with van der Waals surface area (Å²) in [4.78, 5) is 2.37. The third-order valence-corrected chi connectivity index (χ3v) is 5.81. The molecule has 0 bridgehead atoms. The summed E-state index contributed by atoms with van der Waals surface area (Å²) in [6.45, 7) is 0.871. The van der Waals surface area contributed by atoms with Gasteiger partial charge in [-0.05, 0) is 61.5 Å². The molecule has 0 radical (unpaired) electrons. The van der Waals surface area contributed by atoms with Crippen LogP contribution in [0, 0.1) is 11.3 Å². The van der Waals surface area contributed by atoms with Gasteiger partial charge < -0.3 is 9.64 Å². The number of ether oxygens (including phenoxy) is 1. The van der Waals surface area contributed by atoms with Crippen molar-refractivity contribution in [1.82, 2.24) is 0 Å². The Morgan fingerprint density at radius 3 is 2.67 bits per heavy atom. The molecule has 2 heterocycles. The molecule has 2 aliphatic heterocycles. The van der Waals surface area contributed by atoms with Gasteiger partial charge in [-0.25, -0.2) is 0 Å². The zero-order valence-electron chi connectivity index (χ0n) is 12.5. The normalized spacial score (nSPS) is 24.5. The second-order valence-corrected chi connectivity index (χ2v) is 7.28. The number of benzene rings is 1. The average molecular weight is 302 g/mol. The van der Waals surface area contributed by atoms with Gasteiger partial charge in [-0.3, -0.25) is 0 Å². The lowest BCUT2D eigenvalue weighted by molar-refractivity contribution is -0.0892. The number of rotatable bonds is 2. The Morgan fingerprint density at radius 1 is 1.29 bits per heavy atom. The van der Waals surface area contributed by atoms with E-state index in [9.17, 15) is 0 Å². The zero-order valence-corrected chi connectivity index (χ0v) is 13.4. The van der Waals surface area contributed by atoms with Crippen LogP contribution in [-0.4, -0.2) is 36.8 Å². The highest BCUT2D eigenvalue weighted by Gasteiger charge is 2.39. The molecule has 1 atom stereocenters. The number of anilines is 1. The number of nitriles is 1. The summed E-state index contributed by atoms with van der Waals surface area (Å²) in [6, 6.07) is 10.6. The van der Waals surface area contributed by atoms with E-state index in [-0.39, 0.29) is 5.60 Å². The van der Waals surface area contributed by atoms with Crippen LogP contribution in [0.3, 0.4) is 0 Å². The van der Waals surface area contributed by atoms with E-state index < -0.39 is 0 Å². The van der Waals surface area contributed by atoms with Gasteiger partial charge in [0.15, 0.2) is 0 Å². The molecule has 1 aromatic rings. The van der Waals surface area contributed by atoms with Crippen molar-refractivity contribution in [2.45, 2.75) is 37.3 Å². The van der Waals surface area contributed by atoms with Gasteiger partial charge in [0.05, 0.1) is 17.2 Å². The standard InChI is InChI=1S/C17H22N2OS/c1-19(15-4-2-14(13-18)3-5-15)16-6-9-20-17(12-16)7-10-21-11-8-17/h2-5,16H,6-12H2,1H3. The van der Waals surface area contributed by atoms with Gasteiger partial charge >= 0.3 is 0 Å². The van der Waals surface area contributed by atoms with Crippen LogP contribution in [0.15, 0.2) is 24.3 Å². The van der Waals surface area contributed by atoms with E-state index in [1.54, 1.807) is 0 Å². The van der Waals surface area contributed by atoms with Gasteiger partial charge in [0.1, 0.15) is 0 Å². The van der Waals surface area contributed by atoms with E-state index in [1.165, 1.54) is 30.0 Å². The van der Waals surface area contributed by atoms with Gasteiger partial charge in [-0.2, -0.15) is 17.0 Å². The molecule has 2 saturated heterocycles. The lowest BCUT2D eigenvalue weighted by Crippen LogP contribution is -2.49. The van der Waals surface area contributed by atoms with Crippen molar-refractivity contribution in [2.75, 3.05) is 30.1 Å². The summed E-state index contributed by atoms with van der Waals surface area (Å²) in [5.74, 6) is 2.46. The zero-order chi connectivity index (χ0) is 14.7. The van der Waals surface area contributed by atoms with E-state index in [4.69, 9.17) is 10.00 Å². The first-order valence-electron chi connectivity index (χ1n) is 7.67. The molecule has 2 fully saturated rings. The van der Waals surface area contributed by atoms with Crippen LogP contribution in [0.1, 0.15) is 31.2 Å². The SMILES string of the molecule is CN(c1ccc(C#N)cc1)C1CCOC2(CCSCC2)C1. The minimum absolute atomic E-state index is 0.120. The van der Waals surface area contributed by atoms with E-state index >= 15 is 0 Å². The largest absolute Gasteiger partial charge is 0.375 e. The van der Waals surface area contributed by atoms with Crippen molar-refractivity contribution in [3.05, 3.63) is 29.8 Å². The van der Waals surface area contributed by atoms with E-state index in [1.807, 2.05) is 23.9 Å². The Bertz CT molecular complexity index is 511. The van der Waals surface area contributed by atoms with Crippen LogP contribution in [0.25, 0.3) is 0 Å². The van der Waals surface area contributed by atoms with Crippen molar-refractivity contribution in [2.24, 2.45) is 0 Å². The maximum atomic E-state index is 8.90. The molecule has 1 spiro atoms. The number of hydrogen-bond acceptors (Lipinski definition) is 4. The topological polar surface area (TPSA) is 36.3 Å². The number of thioether (sulfide) groups is 1. The third-order valence-electron chi connectivity index (χ3n) is 4.82. The minimum atomic E-state index is 0.120. The van der Waals surface area contributed by atoms with Gasteiger partial charge in [0, 0.05) is 25.4 Å². The molecule has 3 nitrogen and oxygen atoms in total. The second-order valence-electron chi connectivity index (χ2n) is 6.06. The fraction of sp³-hybridized carbons (Fsp3) is 0.588. The van der Waals surface area contributed by atoms with Gasteiger partial charge in [0.2, 0.25) is 0 Å². The lowest BCUT2D eigenvalue weighted by Gasteiger charge is -2.46. The van der Waals surface area contributed by atoms with Crippen LogP contribution in [-0.2, 0) is 4.74 Å². The molecular formula is C17H22N2OS. The first-order valence-corrected chi connectivity index (χ1v) is 8.83. The van der Waals surface area contributed by atoms with Crippen molar-refractivity contribution in [1.29, 1.82) is 5.26 Å². The number of hydrogen-bond donors (Lipinski definition) is 0. The maximum Gasteiger partial charge on any atom is 0.0991 e. The second kappa shape index (κ2) is 6.29.